The molecule has 0 spiro atoms. The number of rotatable bonds is 5. The van der Waals surface area contributed by atoms with E-state index in [1.807, 2.05) is 0 Å². The fourth-order valence-electron chi connectivity index (χ4n) is 3.01. The van der Waals surface area contributed by atoms with Crippen molar-refractivity contribution in [3.8, 4) is 0 Å². The van der Waals surface area contributed by atoms with Crippen LogP contribution in [0.2, 0.25) is 0 Å². The summed E-state index contributed by atoms with van der Waals surface area (Å²) in [6.07, 6.45) is 1.56. The van der Waals surface area contributed by atoms with Gasteiger partial charge >= 0.3 is 12.0 Å². The Bertz CT molecular complexity index is 711. The highest BCUT2D eigenvalue weighted by atomic mass is 16.4. The molecule has 8 heteroatoms. The molecule has 1 saturated carbocycles. The molecular formula is C15H16N4O4. The van der Waals surface area contributed by atoms with Crippen LogP contribution >= 0.6 is 0 Å². The number of nitrogen functional groups attached to an aromatic ring is 1. The molecule has 2 fully saturated rings. The number of benzene rings is 1. The smallest absolute Gasteiger partial charge is 0.325 e. The first-order chi connectivity index (χ1) is 10.9. The minimum absolute atomic E-state index is 0.0547. The van der Waals surface area contributed by atoms with Crippen molar-refractivity contribution in [2.24, 2.45) is 11.7 Å². The molecule has 1 aliphatic carbocycles. The lowest BCUT2D eigenvalue weighted by molar-refractivity contribution is -0.143. The van der Waals surface area contributed by atoms with Crippen molar-refractivity contribution < 1.29 is 19.5 Å². The Kier molecular flexibility index (Phi) is 3.32. The highest BCUT2D eigenvalue weighted by molar-refractivity contribution is 6.09. The average molecular weight is 316 g/mol. The summed E-state index contributed by atoms with van der Waals surface area (Å²) in [4.78, 5) is 36.5. The van der Waals surface area contributed by atoms with E-state index < -0.39 is 30.0 Å². The van der Waals surface area contributed by atoms with Gasteiger partial charge in [0.2, 0.25) is 0 Å². The molecule has 3 rings (SSSR count). The topological polar surface area (TPSA) is 137 Å². The van der Waals surface area contributed by atoms with E-state index in [0.29, 0.717) is 11.1 Å². The molecule has 0 unspecified atom stereocenters. The number of hydrogen-bond acceptors (Lipinski definition) is 4. The van der Waals surface area contributed by atoms with Crippen molar-refractivity contribution in [1.29, 1.82) is 5.41 Å². The Balaban J connectivity index is 2.01. The first-order valence-corrected chi connectivity index (χ1v) is 7.17. The SMILES string of the molecule is N=C(N)c1ccc([C@@]2(C3CC3)NC(=O)N(CC(=O)O)C2=O)cc1. The molecule has 8 nitrogen and oxygen atoms in total. The number of carbonyl (C=O) groups is 3. The Labute approximate surface area is 131 Å². The highest BCUT2D eigenvalue weighted by Crippen LogP contribution is 2.48. The molecule has 5 N–H and O–H groups in total. The summed E-state index contributed by atoms with van der Waals surface area (Å²) in [5, 5.41) is 19.0. The Hall–Kier alpha value is -2.90. The Morgan fingerprint density at radius 1 is 1.35 bits per heavy atom. The molecule has 0 bridgehead atoms. The lowest BCUT2D eigenvalue weighted by Gasteiger charge is -2.27. The zero-order chi connectivity index (χ0) is 16.8. The van der Waals surface area contributed by atoms with Crippen LogP contribution in [0.3, 0.4) is 0 Å². The first kappa shape index (κ1) is 15.0. The minimum Gasteiger partial charge on any atom is -0.480 e. The summed E-state index contributed by atoms with van der Waals surface area (Å²) in [6.45, 7) is -0.662. The second-order valence-corrected chi connectivity index (χ2v) is 5.79. The van der Waals surface area contributed by atoms with Gasteiger partial charge in [-0.05, 0) is 24.3 Å². The molecule has 1 atom stereocenters. The Morgan fingerprint density at radius 3 is 2.43 bits per heavy atom. The van der Waals surface area contributed by atoms with Crippen molar-refractivity contribution in [2.75, 3.05) is 6.54 Å². The third-order valence-corrected chi connectivity index (χ3v) is 4.27. The van der Waals surface area contributed by atoms with Gasteiger partial charge in [-0.2, -0.15) is 0 Å². The van der Waals surface area contributed by atoms with E-state index in [1.165, 1.54) is 0 Å². The normalized spacial score (nSPS) is 23.7. The molecule has 1 aromatic rings. The number of hydrogen-bond donors (Lipinski definition) is 4. The average Bonchev–Trinajstić information content (AvgIpc) is 3.31. The van der Waals surface area contributed by atoms with E-state index in [-0.39, 0.29) is 11.8 Å². The van der Waals surface area contributed by atoms with E-state index in [2.05, 4.69) is 5.32 Å². The maximum Gasteiger partial charge on any atom is 0.325 e. The number of carbonyl (C=O) groups excluding carboxylic acids is 2. The van der Waals surface area contributed by atoms with Crippen LogP contribution in [0.15, 0.2) is 24.3 Å². The zero-order valence-corrected chi connectivity index (χ0v) is 12.2. The predicted octanol–water partition coefficient (Wildman–Crippen LogP) is 0.212. The lowest BCUT2D eigenvalue weighted by atomic mass is 9.84. The summed E-state index contributed by atoms with van der Waals surface area (Å²) in [5.74, 6) is -1.93. The highest BCUT2D eigenvalue weighted by Gasteiger charge is 2.60. The van der Waals surface area contributed by atoms with Crippen molar-refractivity contribution >= 4 is 23.7 Å². The number of amides is 3. The number of nitrogens with two attached hydrogens (primary N) is 1. The van der Waals surface area contributed by atoms with Crippen LogP contribution in [0, 0.1) is 11.3 Å². The Morgan fingerprint density at radius 2 is 1.96 bits per heavy atom. The van der Waals surface area contributed by atoms with Gasteiger partial charge in [-0.3, -0.25) is 19.9 Å². The quantitative estimate of drug-likeness (QED) is 0.350. The molecule has 2 aliphatic rings. The zero-order valence-electron chi connectivity index (χ0n) is 12.2. The van der Waals surface area contributed by atoms with Gasteiger partial charge < -0.3 is 16.2 Å². The first-order valence-electron chi connectivity index (χ1n) is 7.17. The maximum atomic E-state index is 12.8. The number of carboxylic acid groups (broad SMARTS) is 1. The number of amidine groups is 1. The molecule has 0 radical (unpaired) electrons. The molecule has 23 heavy (non-hydrogen) atoms. The third kappa shape index (κ3) is 2.32. The van der Waals surface area contributed by atoms with Crippen LogP contribution < -0.4 is 11.1 Å². The van der Waals surface area contributed by atoms with E-state index in [9.17, 15) is 14.4 Å². The van der Waals surface area contributed by atoms with Crippen LogP contribution in [0.25, 0.3) is 0 Å². The van der Waals surface area contributed by atoms with E-state index in [0.717, 1.165) is 17.7 Å². The number of nitrogens with zero attached hydrogens (tertiary/aromatic N) is 1. The van der Waals surface area contributed by atoms with Gasteiger partial charge in [0.1, 0.15) is 17.9 Å². The number of nitrogens with one attached hydrogen (secondary N) is 2. The van der Waals surface area contributed by atoms with Crippen molar-refractivity contribution in [2.45, 2.75) is 18.4 Å². The summed E-state index contributed by atoms with van der Waals surface area (Å²) < 4.78 is 0. The van der Waals surface area contributed by atoms with Crippen LogP contribution in [0.4, 0.5) is 4.79 Å². The number of urea groups is 1. The lowest BCUT2D eigenvalue weighted by Crippen LogP contribution is -2.46. The second-order valence-electron chi connectivity index (χ2n) is 5.79. The fraction of sp³-hybridized carbons (Fsp3) is 0.333. The van der Waals surface area contributed by atoms with Crippen molar-refractivity contribution in [3.05, 3.63) is 35.4 Å². The van der Waals surface area contributed by atoms with Gasteiger partial charge in [0, 0.05) is 5.56 Å². The van der Waals surface area contributed by atoms with E-state index in [4.69, 9.17) is 16.2 Å². The van der Waals surface area contributed by atoms with E-state index in [1.54, 1.807) is 24.3 Å². The number of carboxylic acids is 1. The minimum atomic E-state index is -1.24. The summed E-state index contributed by atoms with van der Waals surface area (Å²) in [7, 11) is 0. The van der Waals surface area contributed by atoms with Gasteiger partial charge in [0.15, 0.2) is 0 Å². The third-order valence-electron chi connectivity index (χ3n) is 4.27. The molecule has 1 heterocycles. The monoisotopic (exact) mass is 316 g/mol. The largest absolute Gasteiger partial charge is 0.480 e. The molecule has 0 aromatic heterocycles. The molecule has 3 amide bonds. The van der Waals surface area contributed by atoms with Gasteiger partial charge in [-0.15, -0.1) is 0 Å². The predicted molar refractivity (Wildman–Crippen MR) is 79.7 cm³/mol. The van der Waals surface area contributed by atoms with Crippen molar-refractivity contribution in [1.82, 2.24) is 10.2 Å². The summed E-state index contributed by atoms with van der Waals surface area (Å²) in [5.41, 5.74) is 5.29. The van der Waals surface area contributed by atoms with Crippen LogP contribution in [-0.2, 0) is 15.1 Å². The number of aliphatic carboxylic acids is 1. The molecule has 1 aliphatic heterocycles. The standard InChI is InChI=1S/C15H16N4O4/c16-12(17)8-1-3-9(4-2-8)15(10-5-6-10)13(22)19(7-11(20)21)14(23)18-15/h1-4,10H,5-7H2,(H3,16,17)(H,18,23)(H,20,21)/t15-/m0/s1. The van der Waals surface area contributed by atoms with Gasteiger partial charge in [-0.25, -0.2) is 4.79 Å². The molecular weight excluding hydrogens is 300 g/mol. The van der Waals surface area contributed by atoms with E-state index >= 15 is 0 Å². The summed E-state index contributed by atoms with van der Waals surface area (Å²) >= 11 is 0. The van der Waals surface area contributed by atoms with Gasteiger partial charge in [-0.1, -0.05) is 24.3 Å². The molecule has 1 saturated heterocycles. The van der Waals surface area contributed by atoms with Gasteiger partial charge in [0.25, 0.3) is 5.91 Å². The fourth-order valence-corrected chi connectivity index (χ4v) is 3.01. The van der Waals surface area contributed by atoms with Crippen LogP contribution in [-0.4, -0.2) is 40.3 Å². The number of imide groups is 1. The van der Waals surface area contributed by atoms with Crippen molar-refractivity contribution in [3.63, 3.8) is 0 Å². The maximum absolute atomic E-state index is 12.8. The van der Waals surface area contributed by atoms with Gasteiger partial charge in [0.05, 0.1) is 0 Å². The second kappa shape index (κ2) is 5.08. The molecule has 1 aromatic carbocycles. The van der Waals surface area contributed by atoms with Crippen LogP contribution in [0.1, 0.15) is 24.0 Å². The van der Waals surface area contributed by atoms with Crippen LogP contribution in [0.5, 0.6) is 0 Å². The summed E-state index contributed by atoms with van der Waals surface area (Å²) in [6, 6.07) is 5.83. The molecule has 120 valence electrons.